The molecule has 1 N–H and O–H groups in total. The smallest absolute Gasteiger partial charge is 0.192 e. The number of carbonyl (C=O) groups is 1. The third-order valence-electron chi connectivity index (χ3n) is 7.36. The van der Waals surface area contributed by atoms with E-state index in [-0.39, 0.29) is 11.7 Å². The first-order valence-corrected chi connectivity index (χ1v) is 12.1. The van der Waals surface area contributed by atoms with Crippen molar-refractivity contribution in [3.05, 3.63) is 69.2 Å². The summed E-state index contributed by atoms with van der Waals surface area (Å²) in [6, 6.07) is 2.20. The van der Waals surface area contributed by atoms with E-state index in [1.807, 2.05) is 18.7 Å². The second kappa shape index (κ2) is 8.37. The highest BCUT2D eigenvalue weighted by atomic mass is 16.1. The molecule has 35 heavy (non-hydrogen) atoms. The van der Waals surface area contributed by atoms with Gasteiger partial charge < -0.3 is 5.32 Å². The number of nitrogens with one attached hydrogen (secondary N) is 1. The van der Waals surface area contributed by atoms with Crippen molar-refractivity contribution in [2.24, 2.45) is 5.10 Å². The van der Waals surface area contributed by atoms with Crippen LogP contribution in [-0.4, -0.2) is 53.6 Å². The number of nitrogens with zero attached hydrogens (tertiary/aromatic N) is 8. The molecule has 1 atom stereocenters. The SMILES string of the molecule is CN/C(C)=C1\C(=O)c2c(cc(C)c3c2CCC/C3=N\n2cnnc2)C1C1=Cc2nnnn2CCC1. The van der Waals surface area contributed by atoms with E-state index >= 15 is 0 Å². The van der Waals surface area contributed by atoms with Crippen molar-refractivity contribution in [3.8, 4) is 0 Å². The number of tetrazole rings is 1. The molecule has 0 fully saturated rings. The fraction of sp³-hybridized carbons (Fsp3) is 0.400. The molecule has 0 saturated heterocycles. The average Bonchev–Trinajstić information content (AvgIpc) is 3.56. The topological polar surface area (TPSA) is 116 Å². The molecular formula is C25H27N9O. The van der Waals surface area contributed by atoms with Gasteiger partial charge in [-0.1, -0.05) is 11.6 Å². The van der Waals surface area contributed by atoms with Gasteiger partial charge in [0.1, 0.15) is 12.7 Å². The molecule has 178 valence electrons. The predicted molar refractivity (Wildman–Crippen MR) is 130 cm³/mol. The molecule has 0 bridgehead atoms. The molecule has 0 radical (unpaired) electrons. The lowest BCUT2D eigenvalue weighted by Gasteiger charge is -2.24. The number of carbonyl (C=O) groups excluding carboxylic acids is 1. The van der Waals surface area contributed by atoms with Crippen LogP contribution >= 0.6 is 0 Å². The van der Waals surface area contributed by atoms with Crippen molar-refractivity contribution in [3.63, 3.8) is 0 Å². The van der Waals surface area contributed by atoms with E-state index < -0.39 is 0 Å². The fourth-order valence-corrected chi connectivity index (χ4v) is 5.81. The summed E-state index contributed by atoms with van der Waals surface area (Å²) in [5.41, 5.74) is 9.19. The Kier molecular flexibility index (Phi) is 5.16. The monoisotopic (exact) mass is 469 g/mol. The van der Waals surface area contributed by atoms with Gasteiger partial charge in [0.2, 0.25) is 0 Å². The van der Waals surface area contributed by atoms with Gasteiger partial charge in [-0.3, -0.25) is 4.79 Å². The lowest BCUT2D eigenvalue weighted by atomic mass is 9.80. The minimum atomic E-state index is -0.114. The second-order valence-corrected chi connectivity index (χ2v) is 9.39. The number of benzene rings is 1. The van der Waals surface area contributed by atoms with E-state index in [0.717, 1.165) is 89.3 Å². The van der Waals surface area contributed by atoms with E-state index in [1.54, 1.807) is 17.3 Å². The third kappa shape index (κ3) is 3.43. The maximum atomic E-state index is 14.1. The molecule has 10 nitrogen and oxygen atoms in total. The standard InChI is InChI=1S/C25H27N9O/c1-14-10-18-23(16-6-5-9-34-20(11-16)29-31-32-34)22(15(2)26-3)25(35)24(18)17-7-4-8-19(21(14)17)30-33-12-27-28-13-33/h10-13,23,26H,4-9H2,1-3H3/b22-15-,30-19+. The Morgan fingerprint density at radius 1 is 1.14 bits per heavy atom. The Bertz CT molecular complexity index is 1430. The first-order chi connectivity index (χ1) is 17.1. The van der Waals surface area contributed by atoms with Gasteiger partial charge >= 0.3 is 0 Å². The summed E-state index contributed by atoms with van der Waals surface area (Å²) in [5.74, 6) is 0.749. The van der Waals surface area contributed by atoms with Crippen LogP contribution in [0.25, 0.3) is 6.08 Å². The molecule has 1 aliphatic heterocycles. The van der Waals surface area contributed by atoms with Crippen molar-refractivity contribution in [2.75, 3.05) is 7.05 Å². The molecule has 2 aliphatic carbocycles. The predicted octanol–water partition coefficient (Wildman–Crippen LogP) is 2.81. The third-order valence-corrected chi connectivity index (χ3v) is 7.36. The summed E-state index contributed by atoms with van der Waals surface area (Å²) >= 11 is 0. The van der Waals surface area contributed by atoms with Crippen molar-refractivity contribution in [1.82, 2.24) is 40.4 Å². The quantitative estimate of drug-likeness (QED) is 0.587. The van der Waals surface area contributed by atoms with E-state index in [2.05, 4.69) is 50.1 Å². The summed E-state index contributed by atoms with van der Waals surface area (Å²) in [6.45, 7) is 4.89. The molecule has 10 heteroatoms. The lowest BCUT2D eigenvalue weighted by Crippen LogP contribution is -2.19. The molecule has 0 amide bonds. The summed E-state index contributed by atoms with van der Waals surface area (Å²) in [7, 11) is 1.88. The molecule has 0 spiro atoms. The molecule has 6 rings (SSSR count). The number of hydrogen-bond acceptors (Lipinski definition) is 8. The molecular weight excluding hydrogens is 442 g/mol. The van der Waals surface area contributed by atoms with Crippen molar-refractivity contribution in [2.45, 2.75) is 58.4 Å². The van der Waals surface area contributed by atoms with E-state index in [1.165, 1.54) is 5.57 Å². The van der Waals surface area contributed by atoms with Crippen LogP contribution < -0.4 is 5.32 Å². The van der Waals surface area contributed by atoms with Crippen LogP contribution in [0.4, 0.5) is 0 Å². The van der Waals surface area contributed by atoms with Gasteiger partial charge in [-0.15, -0.1) is 15.3 Å². The molecule has 1 aromatic carbocycles. The van der Waals surface area contributed by atoms with Gasteiger partial charge in [0.15, 0.2) is 11.6 Å². The number of rotatable bonds is 3. The molecule has 2 aromatic heterocycles. The zero-order valence-corrected chi connectivity index (χ0v) is 20.1. The van der Waals surface area contributed by atoms with E-state index in [9.17, 15) is 4.79 Å². The highest BCUT2D eigenvalue weighted by molar-refractivity contribution is 6.18. The van der Waals surface area contributed by atoms with Gasteiger partial charge in [-0.25, -0.2) is 9.36 Å². The number of hydrogen-bond donors (Lipinski definition) is 1. The maximum absolute atomic E-state index is 14.1. The Hall–Kier alpha value is -3.95. The summed E-state index contributed by atoms with van der Waals surface area (Å²) in [6.07, 6.45) is 9.73. The first kappa shape index (κ1) is 21.6. The highest BCUT2D eigenvalue weighted by Gasteiger charge is 2.42. The average molecular weight is 470 g/mol. The first-order valence-electron chi connectivity index (χ1n) is 12.1. The lowest BCUT2D eigenvalue weighted by molar-refractivity contribution is 0.103. The zero-order chi connectivity index (χ0) is 24.1. The van der Waals surface area contributed by atoms with E-state index in [4.69, 9.17) is 5.10 Å². The summed E-state index contributed by atoms with van der Waals surface area (Å²) in [5, 5.41) is 28.0. The summed E-state index contributed by atoms with van der Waals surface area (Å²) in [4.78, 5) is 14.1. The van der Waals surface area contributed by atoms with Gasteiger partial charge in [0.05, 0.1) is 5.71 Å². The zero-order valence-electron chi connectivity index (χ0n) is 20.1. The largest absolute Gasteiger partial charge is 0.391 e. The number of aromatic nitrogens is 7. The second-order valence-electron chi connectivity index (χ2n) is 9.39. The van der Waals surface area contributed by atoms with Crippen molar-refractivity contribution >= 4 is 17.6 Å². The van der Waals surface area contributed by atoms with Gasteiger partial charge in [-0.2, -0.15) is 5.10 Å². The van der Waals surface area contributed by atoms with Crippen LogP contribution in [-0.2, 0) is 13.0 Å². The Labute approximate surface area is 202 Å². The number of fused-ring (bicyclic) bond motifs is 4. The minimum Gasteiger partial charge on any atom is -0.391 e. The summed E-state index contributed by atoms with van der Waals surface area (Å²) < 4.78 is 3.48. The van der Waals surface area contributed by atoms with Crippen LogP contribution in [0.3, 0.4) is 0 Å². The molecule has 1 unspecified atom stereocenters. The van der Waals surface area contributed by atoms with E-state index in [0.29, 0.717) is 0 Å². The van der Waals surface area contributed by atoms with Gasteiger partial charge in [-0.05, 0) is 79.1 Å². The highest BCUT2D eigenvalue weighted by Crippen LogP contribution is 2.49. The van der Waals surface area contributed by atoms with Crippen LogP contribution in [0.15, 0.2) is 40.7 Å². The normalized spacial score (nSPS) is 21.8. The van der Waals surface area contributed by atoms with Crippen molar-refractivity contribution < 1.29 is 4.79 Å². The van der Waals surface area contributed by atoms with Crippen molar-refractivity contribution in [1.29, 1.82) is 0 Å². The van der Waals surface area contributed by atoms with Gasteiger partial charge in [0, 0.05) is 41.9 Å². The molecule has 0 saturated carbocycles. The van der Waals surface area contributed by atoms with Crippen LogP contribution in [0.1, 0.15) is 77.0 Å². The van der Waals surface area contributed by atoms with Crippen LogP contribution in [0, 0.1) is 6.92 Å². The van der Waals surface area contributed by atoms with Gasteiger partial charge in [0.25, 0.3) is 0 Å². The Balaban J connectivity index is 1.57. The Morgan fingerprint density at radius 2 is 1.97 bits per heavy atom. The number of allylic oxidation sites excluding steroid dienone is 3. The number of Topliss-reactive ketones (excluding diaryl/α,β-unsaturated/α-hetero) is 1. The number of ketones is 1. The number of aryl methyl sites for hydroxylation is 2. The minimum absolute atomic E-state index is 0.114. The molecule has 3 aliphatic rings. The van der Waals surface area contributed by atoms with Crippen LogP contribution in [0.2, 0.25) is 0 Å². The molecule has 3 aromatic rings. The van der Waals surface area contributed by atoms with Crippen LogP contribution in [0.5, 0.6) is 0 Å². The fourth-order valence-electron chi connectivity index (χ4n) is 5.81. The Morgan fingerprint density at radius 3 is 2.77 bits per heavy atom. The molecule has 3 heterocycles. The maximum Gasteiger partial charge on any atom is 0.192 e.